The third-order valence-corrected chi connectivity index (χ3v) is 3.25. The highest BCUT2D eigenvalue weighted by atomic mass is 79.9. The molecule has 0 atom stereocenters. The summed E-state index contributed by atoms with van der Waals surface area (Å²) in [6.45, 7) is 5.23. The van der Waals surface area contributed by atoms with Gasteiger partial charge in [0, 0.05) is 27.6 Å². The van der Waals surface area contributed by atoms with Gasteiger partial charge in [0.1, 0.15) is 5.75 Å². The topological polar surface area (TPSA) is 21.3 Å². The van der Waals surface area contributed by atoms with Crippen LogP contribution in [0, 0.1) is 0 Å². The van der Waals surface area contributed by atoms with Crippen molar-refractivity contribution in [3.8, 4) is 5.75 Å². The van der Waals surface area contributed by atoms with E-state index in [0.29, 0.717) is 0 Å². The summed E-state index contributed by atoms with van der Waals surface area (Å²) >= 11 is 10.2. The molecule has 1 rings (SSSR count). The highest BCUT2D eigenvalue weighted by molar-refractivity contribution is 9.11. The number of hydrogen-bond acceptors (Lipinski definition) is 2. The van der Waals surface area contributed by atoms with Gasteiger partial charge in [-0.15, -0.1) is 0 Å². The summed E-state index contributed by atoms with van der Waals surface area (Å²) < 4.78 is 8.24. The Bertz CT molecular complexity index is 393. The van der Waals surface area contributed by atoms with E-state index >= 15 is 0 Å². The van der Waals surface area contributed by atoms with Crippen LogP contribution in [0.5, 0.6) is 5.75 Å². The molecule has 0 aliphatic rings. The molecule has 0 fully saturated rings. The highest BCUT2D eigenvalue weighted by Crippen LogP contribution is 2.32. The maximum absolute atomic E-state index is 5.35. The number of nitrogens with one attached hydrogen (secondary N) is 1. The lowest BCUT2D eigenvalue weighted by atomic mass is 10.2. The zero-order valence-corrected chi connectivity index (χ0v) is 13.6. The molecule has 0 aliphatic carbocycles. The Hall–Kier alpha value is 0.160. The molecular formula is C11H12Br3NO. The predicted octanol–water partition coefficient (Wildman–Crippen LogP) is 4.22. The molecule has 88 valence electrons. The van der Waals surface area contributed by atoms with Crippen molar-refractivity contribution in [3.05, 3.63) is 37.7 Å². The van der Waals surface area contributed by atoms with Gasteiger partial charge in [0.2, 0.25) is 0 Å². The molecule has 1 aromatic carbocycles. The van der Waals surface area contributed by atoms with Crippen molar-refractivity contribution in [1.29, 1.82) is 0 Å². The molecule has 0 bridgehead atoms. The Morgan fingerprint density at radius 3 is 2.69 bits per heavy atom. The first-order valence-corrected chi connectivity index (χ1v) is 6.98. The van der Waals surface area contributed by atoms with Gasteiger partial charge in [-0.3, -0.25) is 0 Å². The smallest absolute Gasteiger partial charge is 0.137 e. The second-order valence-corrected chi connectivity index (χ2v) is 6.09. The molecule has 0 radical (unpaired) electrons. The third-order valence-electron chi connectivity index (χ3n) is 1.92. The van der Waals surface area contributed by atoms with E-state index in [0.717, 1.165) is 37.8 Å². The zero-order valence-electron chi connectivity index (χ0n) is 8.82. The summed E-state index contributed by atoms with van der Waals surface area (Å²) in [5.74, 6) is 0.857. The minimum atomic E-state index is 0.728. The SMILES string of the molecule is C=C(Br)CNCc1cc(Br)cc(Br)c1OC. The van der Waals surface area contributed by atoms with E-state index in [9.17, 15) is 0 Å². The van der Waals surface area contributed by atoms with Crippen molar-refractivity contribution in [1.82, 2.24) is 5.32 Å². The number of hydrogen-bond donors (Lipinski definition) is 1. The number of ether oxygens (including phenoxy) is 1. The molecule has 1 aromatic rings. The van der Waals surface area contributed by atoms with Gasteiger partial charge >= 0.3 is 0 Å². The predicted molar refractivity (Wildman–Crippen MR) is 78.2 cm³/mol. The fourth-order valence-electron chi connectivity index (χ4n) is 1.31. The van der Waals surface area contributed by atoms with Crippen LogP contribution in [0.15, 0.2) is 32.1 Å². The van der Waals surface area contributed by atoms with Crippen molar-refractivity contribution < 1.29 is 4.74 Å². The fourth-order valence-corrected chi connectivity index (χ4v) is 2.98. The van der Waals surface area contributed by atoms with Gasteiger partial charge in [0.15, 0.2) is 0 Å². The lowest BCUT2D eigenvalue weighted by Crippen LogP contribution is -2.15. The molecule has 0 spiro atoms. The minimum Gasteiger partial charge on any atom is -0.495 e. The van der Waals surface area contributed by atoms with Crippen molar-refractivity contribution in [2.45, 2.75) is 6.54 Å². The summed E-state index contributed by atoms with van der Waals surface area (Å²) in [5, 5.41) is 3.26. The average Bonchev–Trinajstić information content (AvgIpc) is 2.16. The molecule has 0 saturated carbocycles. The van der Waals surface area contributed by atoms with E-state index < -0.39 is 0 Å². The van der Waals surface area contributed by atoms with Crippen LogP contribution in [-0.2, 0) is 6.54 Å². The quantitative estimate of drug-likeness (QED) is 0.780. The molecule has 0 amide bonds. The van der Waals surface area contributed by atoms with Gasteiger partial charge in [-0.25, -0.2) is 0 Å². The second kappa shape index (κ2) is 6.79. The van der Waals surface area contributed by atoms with Crippen LogP contribution in [0.2, 0.25) is 0 Å². The van der Waals surface area contributed by atoms with Crippen molar-refractivity contribution in [3.63, 3.8) is 0 Å². The van der Waals surface area contributed by atoms with E-state index in [-0.39, 0.29) is 0 Å². The summed E-state index contributed by atoms with van der Waals surface area (Å²) in [7, 11) is 1.67. The van der Waals surface area contributed by atoms with Gasteiger partial charge in [0.25, 0.3) is 0 Å². The lowest BCUT2D eigenvalue weighted by molar-refractivity contribution is 0.405. The Balaban J connectivity index is 2.81. The van der Waals surface area contributed by atoms with E-state index in [1.54, 1.807) is 7.11 Å². The van der Waals surface area contributed by atoms with Crippen LogP contribution in [-0.4, -0.2) is 13.7 Å². The maximum atomic E-state index is 5.35. The average molecular weight is 414 g/mol. The van der Waals surface area contributed by atoms with E-state index in [2.05, 4.69) is 59.7 Å². The second-order valence-electron chi connectivity index (χ2n) is 3.20. The molecule has 2 nitrogen and oxygen atoms in total. The van der Waals surface area contributed by atoms with Crippen molar-refractivity contribution in [2.75, 3.05) is 13.7 Å². The monoisotopic (exact) mass is 411 g/mol. The molecule has 0 unspecified atom stereocenters. The van der Waals surface area contributed by atoms with Crippen LogP contribution >= 0.6 is 47.8 Å². The van der Waals surface area contributed by atoms with E-state index in [1.165, 1.54) is 0 Å². The van der Waals surface area contributed by atoms with Crippen LogP contribution in [0.4, 0.5) is 0 Å². The molecular weight excluding hydrogens is 402 g/mol. The molecule has 0 saturated heterocycles. The number of rotatable bonds is 5. The normalized spacial score (nSPS) is 10.2. The van der Waals surface area contributed by atoms with Gasteiger partial charge < -0.3 is 10.1 Å². The van der Waals surface area contributed by atoms with Crippen molar-refractivity contribution in [2.24, 2.45) is 0 Å². The summed E-state index contributed by atoms with van der Waals surface area (Å²) in [6, 6.07) is 4.00. The molecule has 5 heteroatoms. The Labute approximate surface area is 121 Å². The Morgan fingerprint density at radius 1 is 1.44 bits per heavy atom. The highest BCUT2D eigenvalue weighted by Gasteiger charge is 2.08. The van der Waals surface area contributed by atoms with Crippen LogP contribution in [0.25, 0.3) is 0 Å². The van der Waals surface area contributed by atoms with Gasteiger partial charge in [-0.1, -0.05) is 38.4 Å². The molecule has 1 N–H and O–H groups in total. The first kappa shape index (κ1) is 14.2. The largest absolute Gasteiger partial charge is 0.495 e. The molecule has 16 heavy (non-hydrogen) atoms. The fraction of sp³-hybridized carbons (Fsp3) is 0.273. The van der Waals surface area contributed by atoms with E-state index in [4.69, 9.17) is 4.74 Å². The van der Waals surface area contributed by atoms with Gasteiger partial charge in [-0.05, 0) is 28.1 Å². The number of benzene rings is 1. The van der Waals surface area contributed by atoms with Crippen molar-refractivity contribution >= 4 is 47.8 Å². The minimum absolute atomic E-state index is 0.728. The van der Waals surface area contributed by atoms with E-state index in [1.807, 2.05) is 12.1 Å². The Kier molecular flexibility index (Phi) is 6.03. The lowest BCUT2D eigenvalue weighted by Gasteiger charge is -2.12. The number of halogens is 3. The Morgan fingerprint density at radius 2 is 2.12 bits per heavy atom. The standard InChI is InChI=1S/C11H12Br3NO/c1-7(12)5-15-6-8-3-9(13)4-10(14)11(8)16-2/h3-4,15H,1,5-6H2,2H3. The van der Waals surface area contributed by atoms with Crippen LogP contribution in [0.1, 0.15) is 5.56 Å². The summed E-state index contributed by atoms with van der Waals surface area (Å²) in [6.07, 6.45) is 0. The first-order chi connectivity index (χ1) is 7.54. The first-order valence-electron chi connectivity index (χ1n) is 4.60. The molecule has 0 heterocycles. The summed E-state index contributed by atoms with van der Waals surface area (Å²) in [5.41, 5.74) is 1.09. The number of methoxy groups -OCH3 is 1. The third kappa shape index (κ3) is 4.20. The molecule has 0 aliphatic heterocycles. The molecule has 0 aromatic heterocycles. The van der Waals surface area contributed by atoms with Gasteiger partial charge in [0.05, 0.1) is 11.6 Å². The van der Waals surface area contributed by atoms with Crippen LogP contribution in [0.3, 0.4) is 0 Å². The zero-order chi connectivity index (χ0) is 12.1. The van der Waals surface area contributed by atoms with Gasteiger partial charge in [-0.2, -0.15) is 0 Å². The maximum Gasteiger partial charge on any atom is 0.137 e. The van der Waals surface area contributed by atoms with Crippen LogP contribution < -0.4 is 10.1 Å². The summed E-state index contributed by atoms with van der Waals surface area (Å²) in [4.78, 5) is 0.